The summed E-state index contributed by atoms with van der Waals surface area (Å²) >= 11 is 0. The van der Waals surface area contributed by atoms with Gasteiger partial charge in [0.2, 0.25) is 16.0 Å². The van der Waals surface area contributed by atoms with Gasteiger partial charge in [-0.1, -0.05) is 30.3 Å². The Balaban J connectivity index is 1.46. The molecule has 0 aliphatic carbocycles. The number of rotatable bonds is 5. The van der Waals surface area contributed by atoms with E-state index in [-0.39, 0.29) is 4.90 Å². The van der Waals surface area contributed by atoms with Crippen LogP contribution in [0.15, 0.2) is 65.7 Å². The van der Waals surface area contributed by atoms with Crippen LogP contribution in [-0.4, -0.2) is 24.9 Å². The normalized spacial score (nSPS) is 13.4. The van der Waals surface area contributed by atoms with Crippen LogP contribution in [0.5, 0.6) is 0 Å². The van der Waals surface area contributed by atoms with E-state index in [1.165, 1.54) is 12.1 Å². The quantitative estimate of drug-likeness (QED) is 0.704. The van der Waals surface area contributed by atoms with Crippen LogP contribution in [0, 0.1) is 0 Å². The lowest BCUT2D eigenvalue weighted by atomic mass is 10.2. The third kappa shape index (κ3) is 3.76. The van der Waals surface area contributed by atoms with Gasteiger partial charge >= 0.3 is 0 Å². The van der Waals surface area contributed by atoms with E-state index in [0.717, 1.165) is 35.6 Å². The number of nitrogens with one attached hydrogen (secondary N) is 1. The highest BCUT2D eigenvalue weighted by Gasteiger charge is 2.22. The molecule has 1 aliphatic heterocycles. The second kappa shape index (κ2) is 6.98. The summed E-state index contributed by atoms with van der Waals surface area (Å²) in [4.78, 5) is 11.4. The van der Waals surface area contributed by atoms with Crippen molar-refractivity contribution in [3.05, 3.63) is 72.1 Å². The van der Waals surface area contributed by atoms with Crippen molar-refractivity contribution in [3.63, 3.8) is 0 Å². The molecule has 2 heterocycles. The van der Waals surface area contributed by atoms with E-state index in [4.69, 9.17) is 5.14 Å². The molecular formula is C19H19N5O2S. The van der Waals surface area contributed by atoms with Gasteiger partial charge in [-0.15, -0.1) is 0 Å². The maximum absolute atomic E-state index is 11.3. The Kier molecular flexibility index (Phi) is 4.51. The van der Waals surface area contributed by atoms with Crippen LogP contribution in [0.1, 0.15) is 11.3 Å². The summed E-state index contributed by atoms with van der Waals surface area (Å²) in [7, 11) is -3.67. The van der Waals surface area contributed by atoms with Gasteiger partial charge in [-0.2, -0.15) is 0 Å². The highest BCUT2D eigenvalue weighted by molar-refractivity contribution is 7.89. The van der Waals surface area contributed by atoms with Crippen molar-refractivity contribution in [2.45, 2.75) is 17.9 Å². The van der Waals surface area contributed by atoms with E-state index in [0.29, 0.717) is 12.5 Å². The van der Waals surface area contributed by atoms with Gasteiger partial charge in [0.25, 0.3) is 0 Å². The minimum absolute atomic E-state index is 0.0982. The molecule has 0 spiro atoms. The zero-order valence-electron chi connectivity index (χ0n) is 14.5. The van der Waals surface area contributed by atoms with Crippen molar-refractivity contribution >= 4 is 27.3 Å². The van der Waals surface area contributed by atoms with Crippen LogP contribution < -0.4 is 15.4 Å². The van der Waals surface area contributed by atoms with Gasteiger partial charge in [-0.3, -0.25) is 0 Å². The van der Waals surface area contributed by atoms with Crippen molar-refractivity contribution in [1.82, 2.24) is 9.97 Å². The first-order chi connectivity index (χ1) is 13.0. The van der Waals surface area contributed by atoms with E-state index in [1.54, 1.807) is 12.1 Å². The molecule has 0 radical (unpaired) electrons. The Hall–Kier alpha value is -2.97. The van der Waals surface area contributed by atoms with E-state index in [2.05, 4.69) is 32.3 Å². The highest BCUT2D eigenvalue weighted by atomic mass is 32.2. The summed E-state index contributed by atoms with van der Waals surface area (Å²) in [6.07, 6.45) is 2.71. The largest absolute Gasteiger partial charge is 0.350 e. The molecule has 0 unspecified atom stereocenters. The minimum atomic E-state index is -3.67. The van der Waals surface area contributed by atoms with Gasteiger partial charge in [-0.25, -0.2) is 23.5 Å². The predicted octanol–water partition coefficient (Wildman–Crippen LogP) is 2.43. The lowest BCUT2D eigenvalue weighted by Gasteiger charge is -2.18. The molecule has 0 bridgehead atoms. The zero-order valence-corrected chi connectivity index (χ0v) is 15.4. The monoisotopic (exact) mass is 381 g/mol. The van der Waals surface area contributed by atoms with E-state index in [9.17, 15) is 8.42 Å². The number of hydrogen-bond acceptors (Lipinski definition) is 6. The number of primary sulfonamides is 1. The standard InChI is InChI=1S/C19H19N5O2S/c20-27(25,26)16-8-6-14(7-9-16)12-21-19-22-13-18-17(23-19)10-11-24(18)15-4-2-1-3-5-15/h1-9,13H,10-12H2,(H2,20,25,26)(H,21,22,23). The number of fused-ring (bicyclic) bond motifs is 1. The van der Waals surface area contributed by atoms with Gasteiger partial charge in [0.15, 0.2) is 0 Å². The molecule has 2 aromatic carbocycles. The van der Waals surface area contributed by atoms with E-state index >= 15 is 0 Å². The SMILES string of the molecule is NS(=O)(=O)c1ccc(CNc2ncc3c(n2)CCN3c2ccccc2)cc1. The molecule has 1 aliphatic rings. The average molecular weight is 381 g/mol. The fourth-order valence-corrected chi connectivity index (χ4v) is 3.61. The van der Waals surface area contributed by atoms with Crippen molar-refractivity contribution in [2.24, 2.45) is 5.14 Å². The summed E-state index contributed by atoms with van der Waals surface area (Å²) in [5.74, 6) is 0.555. The summed E-state index contributed by atoms with van der Waals surface area (Å²) in [5.41, 5.74) is 4.10. The third-order valence-electron chi connectivity index (χ3n) is 4.48. The Morgan fingerprint density at radius 2 is 1.81 bits per heavy atom. The molecule has 1 aromatic heterocycles. The number of aromatic nitrogens is 2. The van der Waals surface area contributed by atoms with Gasteiger partial charge < -0.3 is 10.2 Å². The van der Waals surface area contributed by atoms with Crippen molar-refractivity contribution < 1.29 is 8.42 Å². The number of nitrogens with two attached hydrogens (primary N) is 1. The van der Waals surface area contributed by atoms with E-state index < -0.39 is 10.0 Å². The molecule has 0 amide bonds. The molecule has 3 N–H and O–H groups in total. The molecule has 0 saturated carbocycles. The van der Waals surface area contributed by atoms with Crippen LogP contribution in [0.2, 0.25) is 0 Å². The zero-order chi connectivity index (χ0) is 18.9. The van der Waals surface area contributed by atoms with Crippen LogP contribution in [-0.2, 0) is 23.0 Å². The number of hydrogen-bond donors (Lipinski definition) is 2. The van der Waals surface area contributed by atoms with Crippen molar-refractivity contribution in [2.75, 3.05) is 16.8 Å². The minimum Gasteiger partial charge on any atom is -0.350 e. The van der Waals surface area contributed by atoms with Crippen molar-refractivity contribution in [3.8, 4) is 0 Å². The fraction of sp³-hybridized carbons (Fsp3) is 0.158. The number of para-hydroxylation sites is 1. The Labute approximate surface area is 157 Å². The van der Waals surface area contributed by atoms with Crippen molar-refractivity contribution in [1.29, 1.82) is 0 Å². The average Bonchev–Trinajstić information content (AvgIpc) is 3.10. The Bertz CT molecular complexity index is 1050. The molecule has 4 rings (SSSR count). The van der Waals surface area contributed by atoms with Gasteiger partial charge in [0, 0.05) is 25.2 Å². The molecule has 0 atom stereocenters. The molecule has 138 valence electrons. The first kappa shape index (κ1) is 17.4. The molecule has 3 aromatic rings. The molecule has 0 fully saturated rings. The van der Waals surface area contributed by atoms with Crippen LogP contribution in [0.4, 0.5) is 17.3 Å². The summed E-state index contributed by atoms with van der Waals surface area (Å²) in [5, 5.41) is 8.29. The van der Waals surface area contributed by atoms with E-state index in [1.807, 2.05) is 24.4 Å². The maximum atomic E-state index is 11.3. The second-order valence-electron chi connectivity index (χ2n) is 6.31. The summed E-state index contributed by atoms with van der Waals surface area (Å²) < 4.78 is 22.6. The number of nitrogens with zero attached hydrogens (tertiary/aromatic N) is 3. The Morgan fingerprint density at radius 1 is 1.07 bits per heavy atom. The lowest BCUT2D eigenvalue weighted by Crippen LogP contribution is -2.13. The summed E-state index contributed by atoms with van der Waals surface area (Å²) in [6.45, 7) is 1.37. The number of anilines is 3. The molecule has 8 heteroatoms. The Morgan fingerprint density at radius 3 is 2.52 bits per heavy atom. The number of benzene rings is 2. The van der Waals surface area contributed by atoms with Crippen LogP contribution in [0.25, 0.3) is 0 Å². The topological polar surface area (TPSA) is 101 Å². The predicted molar refractivity (Wildman–Crippen MR) is 104 cm³/mol. The molecule has 0 saturated heterocycles. The van der Waals surface area contributed by atoms with Gasteiger partial charge in [0.05, 0.1) is 22.5 Å². The number of sulfonamides is 1. The van der Waals surface area contributed by atoms with Crippen LogP contribution >= 0.6 is 0 Å². The molecule has 7 nitrogen and oxygen atoms in total. The summed E-state index contributed by atoms with van der Waals surface area (Å²) in [6, 6.07) is 16.6. The van der Waals surface area contributed by atoms with Crippen LogP contribution in [0.3, 0.4) is 0 Å². The highest BCUT2D eigenvalue weighted by Crippen LogP contribution is 2.33. The second-order valence-corrected chi connectivity index (χ2v) is 7.87. The third-order valence-corrected chi connectivity index (χ3v) is 5.41. The first-order valence-electron chi connectivity index (χ1n) is 8.55. The van der Waals surface area contributed by atoms with Gasteiger partial charge in [-0.05, 0) is 29.8 Å². The lowest BCUT2D eigenvalue weighted by molar-refractivity contribution is 0.598. The van der Waals surface area contributed by atoms with Gasteiger partial charge in [0.1, 0.15) is 0 Å². The smallest absolute Gasteiger partial charge is 0.238 e. The molecular weight excluding hydrogens is 362 g/mol. The maximum Gasteiger partial charge on any atom is 0.238 e. The fourth-order valence-electron chi connectivity index (χ4n) is 3.10. The first-order valence-corrected chi connectivity index (χ1v) is 10.1. The molecule has 27 heavy (non-hydrogen) atoms.